The molecule has 2 aliphatic rings. The van der Waals surface area contributed by atoms with Gasteiger partial charge in [0.05, 0.1) is 50.4 Å². The summed E-state index contributed by atoms with van der Waals surface area (Å²) in [6, 6.07) is 7.41. The first kappa shape index (κ1) is 24.1. The third-order valence-corrected chi connectivity index (χ3v) is 6.46. The Kier molecular flexibility index (Phi) is 7.73. The Morgan fingerprint density at radius 1 is 1.18 bits per heavy atom. The molecule has 0 unspecified atom stereocenters. The van der Waals surface area contributed by atoms with Crippen molar-refractivity contribution in [3.63, 3.8) is 0 Å². The lowest BCUT2D eigenvalue weighted by molar-refractivity contribution is -0.133. The van der Waals surface area contributed by atoms with Crippen LogP contribution in [0.25, 0.3) is 11.3 Å². The summed E-state index contributed by atoms with van der Waals surface area (Å²) in [5, 5.41) is 20.4. The zero-order valence-corrected chi connectivity index (χ0v) is 18.7. The predicted octanol–water partition coefficient (Wildman–Crippen LogP) is 3.40. The SMILES string of the molecule is N#Cc1c(SCC2COC2)nc(N2CC(F)C2)c(C#N)c1-c1ccc(OCCOC(F)F)cn1. The molecule has 0 radical (unpaired) electrons. The van der Waals surface area contributed by atoms with Gasteiger partial charge in [0.2, 0.25) is 0 Å². The number of halogens is 3. The summed E-state index contributed by atoms with van der Waals surface area (Å²) in [4.78, 5) is 10.6. The lowest BCUT2D eigenvalue weighted by atomic mass is 9.99. The number of hydrogen-bond acceptors (Lipinski definition) is 9. The Hall–Kier alpha value is -3.06. The maximum Gasteiger partial charge on any atom is 0.345 e. The molecular formula is C22H20F3N5O3S. The Balaban J connectivity index is 1.66. The van der Waals surface area contributed by atoms with E-state index in [0.717, 1.165) is 0 Å². The second-order valence-corrected chi connectivity index (χ2v) is 8.67. The molecule has 4 rings (SSSR count). The molecule has 34 heavy (non-hydrogen) atoms. The summed E-state index contributed by atoms with van der Waals surface area (Å²) in [7, 11) is 0. The maximum absolute atomic E-state index is 13.6. The molecule has 2 aliphatic heterocycles. The first-order valence-corrected chi connectivity index (χ1v) is 11.5. The van der Waals surface area contributed by atoms with Crippen molar-refractivity contribution in [1.29, 1.82) is 10.5 Å². The highest BCUT2D eigenvalue weighted by atomic mass is 32.2. The van der Waals surface area contributed by atoms with Crippen LogP contribution in [0.4, 0.5) is 19.0 Å². The summed E-state index contributed by atoms with van der Waals surface area (Å²) in [5.41, 5.74) is 1.02. The molecule has 2 saturated heterocycles. The topological polar surface area (TPSA) is 104 Å². The van der Waals surface area contributed by atoms with Gasteiger partial charge in [-0.15, -0.1) is 11.8 Å². The average molecular weight is 491 g/mol. The summed E-state index contributed by atoms with van der Waals surface area (Å²) in [6.07, 6.45) is 0.374. The number of anilines is 1. The zero-order chi connectivity index (χ0) is 24.1. The normalized spacial score (nSPS) is 16.0. The standard InChI is InChI=1S/C22H20F3N5O3S/c23-14-8-30(9-14)20-16(5-26)19(17(6-27)21(29-20)34-12-13-10-31-11-13)18-2-1-15(7-28-18)32-3-4-33-22(24)25/h1-2,7,13-14,22H,3-4,8-12H2. The average Bonchev–Trinajstić information content (AvgIpc) is 2.78. The number of pyridine rings is 2. The molecule has 0 bridgehead atoms. The van der Waals surface area contributed by atoms with Crippen molar-refractivity contribution in [2.45, 2.75) is 17.8 Å². The minimum absolute atomic E-state index is 0.0946. The van der Waals surface area contributed by atoms with E-state index in [1.807, 2.05) is 0 Å². The monoisotopic (exact) mass is 491 g/mol. The van der Waals surface area contributed by atoms with Crippen molar-refractivity contribution in [3.8, 4) is 29.1 Å². The zero-order valence-electron chi connectivity index (χ0n) is 17.9. The van der Waals surface area contributed by atoms with Gasteiger partial charge in [-0.1, -0.05) is 0 Å². The second kappa shape index (κ2) is 10.9. The highest BCUT2D eigenvalue weighted by Crippen LogP contribution is 2.39. The van der Waals surface area contributed by atoms with Gasteiger partial charge in [0.1, 0.15) is 47.1 Å². The molecular weight excluding hydrogens is 471 g/mol. The minimum Gasteiger partial charge on any atom is -0.490 e. The van der Waals surface area contributed by atoms with Gasteiger partial charge in [0.15, 0.2) is 0 Å². The number of nitriles is 2. The Bertz CT molecular complexity index is 1100. The molecule has 178 valence electrons. The van der Waals surface area contributed by atoms with Crippen LogP contribution in [-0.4, -0.2) is 68.0 Å². The lowest BCUT2D eigenvalue weighted by Gasteiger charge is -2.36. The van der Waals surface area contributed by atoms with Crippen molar-refractivity contribution in [1.82, 2.24) is 9.97 Å². The van der Waals surface area contributed by atoms with E-state index in [4.69, 9.17) is 9.47 Å². The van der Waals surface area contributed by atoms with Crippen molar-refractivity contribution in [3.05, 3.63) is 29.5 Å². The summed E-state index contributed by atoms with van der Waals surface area (Å²) >= 11 is 1.40. The van der Waals surface area contributed by atoms with Crippen molar-refractivity contribution in [2.24, 2.45) is 5.92 Å². The maximum atomic E-state index is 13.6. The smallest absolute Gasteiger partial charge is 0.345 e. The largest absolute Gasteiger partial charge is 0.490 e. The molecule has 0 N–H and O–H groups in total. The van der Waals surface area contributed by atoms with E-state index in [1.165, 1.54) is 18.0 Å². The van der Waals surface area contributed by atoms with Gasteiger partial charge in [-0.2, -0.15) is 19.3 Å². The van der Waals surface area contributed by atoms with Gasteiger partial charge in [0.25, 0.3) is 0 Å². The van der Waals surface area contributed by atoms with E-state index in [0.29, 0.717) is 52.7 Å². The Morgan fingerprint density at radius 3 is 2.50 bits per heavy atom. The summed E-state index contributed by atoms with van der Waals surface area (Å²) in [5.74, 6) is 1.68. The third kappa shape index (κ3) is 5.36. The van der Waals surface area contributed by atoms with Gasteiger partial charge in [0, 0.05) is 17.2 Å². The van der Waals surface area contributed by atoms with Crippen LogP contribution >= 0.6 is 11.8 Å². The van der Waals surface area contributed by atoms with Crippen LogP contribution in [0, 0.1) is 28.6 Å². The molecule has 2 aromatic heterocycles. The van der Waals surface area contributed by atoms with E-state index in [2.05, 4.69) is 26.8 Å². The minimum atomic E-state index is -2.87. The molecule has 0 spiro atoms. The van der Waals surface area contributed by atoms with E-state index >= 15 is 0 Å². The first-order valence-electron chi connectivity index (χ1n) is 10.5. The molecule has 2 aromatic rings. The molecule has 2 fully saturated rings. The number of nitrogens with zero attached hydrogens (tertiary/aromatic N) is 5. The van der Waals surface area contributed by atoms with Gasteiger partial charge >= 0.3 is 6.61 Å². The Morgan fingerprint density at radius 2 is 1.94 bits per heavy atom. The highest BCUT2D eigenvalue weighted by molar-refractivity contribution is 7.99. The fraction of sp³-hybridized carbons (Fsp3) is 0.455. The van der Waals surface area contributed by atoms with Crippen LogP contribution in [0.5, 0.6) is 5.75 Å². The van der Waals surface area contributed by atoms with Crippen molar-refractivity contribution in [2.75, 3.05) is 50.2 Å². The van der Waals surface area contributed by atoms with E-state index in [9.17, 15) is 23.7 Å². The molecule has 0 aliphatic carbocycles. The lowest BCUT2D eigenvalue weighted by Crippen LogP contribution is -2.49. The fourth-order valence-electron chi connectivity index (χ4n) is 3.44. The van der Waals surface area contributed by atoms with E-state index in [1.54, 1.807) is 17.0 Å². The van der Waals surface area contributed by atoms with Gasteiger partial charge < -0.3 is 19.1 Å². The molecule has 4 heterocycles. The quantitative estimate of drug-likeness (QED) is 0.365. The van der Waals surface area contributed by atoms with Crippen molar-refractivity contribution < 1.29 is 27.4 Å². The van der Waals surface area contributed by atoms with Crippen LogP contribution in [0.3, 0.4) is 0 Å². The molecule has 8 nitrogen and oxygen atoms in total. The van der Waals surface area contributed by atoms with E-state index in [-0.39, 0.29) is 37.4 Å². The number of rotatable bonds is 10. The predicted molar refractivity (Wildman–Crippen MR) is 116 cm³/mol. The van der Waals surface area contributed by atoms with Gasteiger partial charge in [-0.05, 0) is 12.1 Å². The van der Waals surface area contributed by atoms with Crippen LogP contribution < -0.4 is 9.64 Å². The molecule has 0 atom stereocenters. The summed E-state index contributed by atoms with van der Waals surface area (Å²) in [6.45, 7) is -1.73. The first-order chi connectivity index (χ1) is 16.5. The van der Waals surface area contributed by atoms with Gasteiger partial charge in [-0.3, -0.25) is 4.98 Å². The van der Waals surface area contributed by atoms with E-state index < -0.39 is 12.8 Å². The van der Waals surface area contributed by atoms with Crippen LogP contribution in [0.1, 0.15) is 11.1 Å². The molecule has 0 aromatic carbocycles. The molecule has 0 amide bonds. The van der Waals surface area contributed by atoms with Gasteiger partial charge in [-0.25, -0.2) is 9.37 Å². The van der Waals surface area contributed by atoms with Crippen LogP contribution in [-0.2, 0) is 9.47 Å². The van der Waals surface area contributed by atoms with Crippen LogP contribution in [0.2, 0.25) is 0 Å². The molecule has 0 saturated carbocycles. The second-order valence-electron chi connectivity index (χ2n) is 7.66. The van der Waals surface area contributed by atoms with Crippen molar-refractivity contribution >= 4 is 17.6 Å². The summed E-state index contributed by atoms with van der Waals surface area (Å²) < 4.78 is 52.4. The highest BCUT2D eigenvalue weighted by Gasteiger charge is 2.33. The number of ether oxygens (including phenoxy) is 3. The fourth-order valence-corrected chi connectivity index (χ4v) is 4.47. The number of aromatic nitrogens is 2. The number of alkyl halides is 3. The third-order valence-electron chi connectivity index (χ3n) is 5.26. The number of thioether (sulfide) groups is 1. The number of hydrogen-bond donors (Lipinski definition) is 0. The van der Waals surface area contributed by atoms with Crippen LogP contribution in [0.15, 0.2) is 23.4 Å². The Labute approximate surface area is 198 Å². The molecule has 12 heteroatoms.